The lowest BCUT2D eigenvalue weighted by Crippen LogP contribution is -2.48. The maximum atomic E-state index is 11.5. The molecule has 1 aliphatic heterocycles. The summed E-state index contributed by atoms with van der Waals surface area (Å²) < 4.78 is 20.9. The number of methoxy groups -OCH3 is 1. The molecule has 3 heterocycles. The molecule has 0 spiro atoms. The Labute approximate surface area is 249 Å². The van der Waals surface area contributed by atoms with Crippen LogP contribution in [0.4, 0.5) is 11.9 Å². The van der Waals surface area contributed by atoms with Gasteiger partial charge in [0.2, 0.25) is 11.9 Å². The molecule has 5 rings (SSSR count). The van der Waals surface area contributed by atoms with E-state index < -0.39 is 0 Å². The summed E-state index contributed by atoms with van der Waals surface area (Å²) in [6.45, 7) is 3.62. The predicted molar refractivity (Wildman–Crippen MR) is 168 cm³/mol. The van der Waals surface area contributed by atoms with E-state index in [9.17, 15) is 9.59 Å². The van der Waals surface area contributed by atoms with Gasteiger partial charge in [0.05, 0.1) is 37.5 Å². The minimum atomic E-state index is 0.272. The summed E-state index contributed by atoms with van der Waals surface area (Å²) in [4.78, 5) is 31.6. The van der Waals surface area contributed by atoms with Crippen LogP contribution in [-0.4, -0.2) is 85.3 Å². The molecule has 232 valence electrons. The molecule has 14 heteroatoms. The number of nitrogen functional groups attached to an aromatic ring is 2. The first-order valence-corrected chi connectivity index (χ1v) is 13.8. The normalized spacial score (nSPS) is 12.8. The van der Waals surface area contributed by atoms with Gasteiger partial charge in [0.15, 0.2) is 0 Å². The zero-order valence-electron chi connectivity index (χ0n) is 24.8. The minimum absolute atomic E-state index is 0.272. The van der Waals surface area contributed by atoms with Crippen LogP contribution in [0.5, 0.6) is 11.5 Å². The van der Waals surface area contributed by atoms with Gasteiger partial charge in [0, 0.05) is 43.7 Å². The Morgan fingerprint density at radius 1 is 0.837 bits per heavy atom. The molecule has 43 heavy (non-hydrogen) atoms. The van der Waals surface area contributed by atoms with Crippen molar-refractivity contribution in [2.45, 2.75) is 25.6 Å². The smallest absolute Gasteiger partial charge is 0.201 e. The molecule has 0 saturated carbocycles. The second-order valence-electron chi connectivity index (χ2n) is 9.20. The van der Waals surface area contributed by atoms with Crippen molar-refractivity contribution in [2.24, 2.45) is 11.5 Å². The van der Waals surface area contributed by atoms with Crippen LogP contribution in [0.15, 0.2) is 36.4 Å². The number of nitrogens with one attached hydrogen (secondary N) is 1. The number of fused-ring (bicyclic) bond motifs is 2. The van der Waals surface area contributed by atoms with E-state index in [-0.39, 0.29) is 6.10 Å². The third kappa shape index (κ3) is 7.67. The maximum absolute atomic E-state index is 11.5. The molecule has 0 amide bonds. The summed E-state index contributed by atoms with van der Waals surface area (Å²) in [6.07, 6.45) is 6.36. The predicted octanol–water partition coefficient (Wildman–Crippen LogP) is 1.35. The molecular weight excluding hydrogens is 554 g/mol. The fourth-order valence-corrected chi connectivity index (χ4v) is 4.54. The van der Waals surface area contributed by atoms with Crippen molar-refractivity contribution in [3.8, 4) is 11.5 Å². The lowest BCUT2D eigenvalue weighted by Gasteiger charge is -2.27. The van der Waals surface area contributed by atoms with E-state index in [4.69, 9.17) is 25.7 Å². The van der Waals surface area contributed by atoms with Crippen molar-refractivity contribution in [3.05, 3.63) is 47.5 Å². The van der Waals surface area contributed by atoms with Gasteiger partial charge in [-0.2, -0.15) is 0 Å². The molecule has 0 unspecified atom stereocenters. The van der Waals surface area contributed by atoms with E-state index in [0.717, 1.165) is 25.7 Å². The van der Waals surface area contributed by atoms with Gasteiger partial charge in [0.1, 0.15) is 35.1 Å². The first kappa shape index (κ1) is 33.0. The van der Waals surface area contributed by atoms with E-state index in [2.05, 4.69) is 26.8 Å². The highest BCUT2D eigenvalue weighted by molar-refractivity contribution is 5.92. The summed E-state index contributed by atoms with van der Waals surface area (Å²) in [7, 11) is 4.54. The highest BCUT2D eigenvalue weighted by Crippen LogP contribution is 2.31. The Kier molecular flexibility index (Phi) is 12.5. The topological polar surface area (TPSA) is 214 Å². The summed E-state index contributed by atoms with van der Waals surface area (Å²) in [5, 5.41) is 3.17. The number of ether oxygens (including phenoxy) is 3. The number of hydrogen-bond donors (Lipinski definition) is 5. The number of imidazole rings is 2. The number of nitrogens with zero attached hydrogens (tertiary/aromatic N) is 4. The Morgan fingerprint density at radius 2 is 1.35 bits per heavy atom. The van der Waals surface area contributed by atoms with Crippen LogP contribution in [-0.2, 0) is 17.8 Å². The molecule has 9 N–H and O–H groups in total. The fraction of sp³-hybridized carbons (Fsp3) is 0.379. The van der Waals surface area contributed by atoms with Crippen LogP contribution >= 0.6 is 0 Å². The standard InChI is InChI=1S/C27H31N7O5.2CH5N/c1-37-22-11-17(15-35)9-20-24(22)33(26(28)31-20)5-2-3-6-34-25-21(32-27(34)29)10-18(16-36)12-23(25)39-8-4-7-38-19-13-30-14-19;2*1-2/h2-3,9-12,15-16,19,30H,4-8,13-14H2,1H3,(H2,28,31)(H2,29,32);2*2H2,1H3/b3-2+;;. The van der Waals surface area contributed by atoms with Gasteiger partial charge in [0.25, 0.3) is 0 Å². The first-order chi connectivity index (χ1) is 21.0. The van der Waals surface area contributed by atoms with Gasteiger partial charge in [-0.1, -0.05) is 12.2 Å². The number of anilines is 2. The van der Waals surface area contributed by atoms with Gasteiger partial charge in [-0.15, -0.1) is 0 Å². The number of carbonyl (C=O) groups excluding carboxylic acids is 2. The second-order valence-corrected chi connectivity index (χ2v) is 9.20. The number of nitrogens with two attached hydrogens (primary N) is 4. The van der Waals surface area contributed by atoms with E-state index in [1.54, 1.807) is 28.8 Å². The van der Waals surface area contributed by atoms with Crippen molar-refractivity contribution in [1.82, 2.24) is 24.4 Å². The Bertz CT molecular complexity index is 1540. The quantitative estimate of drug-likeness (QED) is 0.0841. The summed E-state index contributed by atoms with van der Waals surface area (Å²) in [5.41, 5.74) is 24.9. The van der Waals surface area contributed by atoms with Crippen LogP contribution in [0.3, 0.4) is 0 Å². The number of rotatable bonds is 13. The number of aromatic nitrogens is 4. The fourth-order valence-electron chi connectivity index (χ4n) is 4.54. The summed E-state index contributed by atoms with van der Waals surface area (Å²) in [5.74, 6) is 1.66. The molecule has 2 aromatic heterocycles. The first-order valence-electron chi connectivity index (χ1n) is 13.8. The Hall–Kier alpha value is -4.50. The summed E-state index contributed by atoms with van der Waals surface area (Å²) >= 11 is 0. The van der Waals surface area contributed by atoms with E-state index in [0.29, 0.717) is 89.3 Å². The van der Waals surface area contributed by atoms with Crippen LogP contribution in [0.1, 0.15) is 27.1 Å². The average molecular weight is 596 g/mol. The van der Waals surface area contributed by atoms with Crippen molar-refractivity contribution in [1.29, 1.82) is 0 Å². The van der Waals surface area contributed by atoms with Crippen molar-refractivity contribution < 1.29 is 23.8 Å². The van der Waals surface area contributed by atoms with Crippen LogP contribution < -0.4 is 37.7 Å². The lowest BCUT2D eigenvalue weighted by molar-refractivity contribution is 0.0136. The van der Waals surface area contributed by atoms with Gasteiger partial charge in [-0.25, -0.2) is 9.97 Å². The monoisotopic (exact) mass is 595 g/mol. The Morgan fingerprint density at radius 3 is 1.81 bits per heavy atom. The molecule has 0 atom stereocenters. The molecule has 4 aromatic rings. The zero-order valence-corrected chi connectivity index (χ0v) is 24.8. The third-order valence-corrected chi connectivity index (χ3v) is 6.60. The van der Waals surface area contributed by atoms with Crippen LogP contribution in [0.25, 0.3) is 22.1 Å². The lowest BCUT2D eigenvalue weighted by atomic mass is 10.2. The third-order valence-electron chi connectivity index (χ3n) is 6.60. The van der Waals surface area contributed by atoms with Gasteiger partial charge < -0.3 is 51.6 Å². The van der Waals surface area contributed by atoms with E-state index in [1.807, 2.05) is 16.7 Å². The number of hydrogen-bond acceptors (Lipinski definition) is 12. The maximum Gasteiger partial charge on any atom is 0.201 e. The number of allylic oxidation sites excluding steroid dienone is 2. The van der Waals surface area contributed by atoms with Crippen LogP contribution in [0.2, 0.25) is 0 Å². The SMILES string of the molecule is CN.CN.COc1cc(C=O)cc2nc(N)n(C/C=C/Cn3c(N)nc4cc(C=O)cc(OCCCOC5CNC5)c43)c12. The Balaban J connectivity index is 0.00000121. The number of benzene rings is 2. The number of aldehydes is 2. The highest BCUT2D eigenvalue weighted by Gasteiger charge is 2.18. The zero-order chi connectivity index (χ0) is 31.4. The molecule has 0 bridgehead atoms. The minimum Gasteiger partial charge on any atom is -0.494 e. The van der Waals surface area contributed by atoms with Gasteiger partial charge in [-0.3, -0.25) is 9.59 Å². The van der Waals surface area contributed by atoms with Gasteiger partial charge >= 0.3 is 0 Å². The highest BCUT2D eigenvalue weighted by atomic mass is 16.5. The molecule has 0 aliphatic carbocycles. The molecule has 14 nitrogen and oxygen atoms in total. The van der Waals surface area contributed by atoms with Gasteiger partial charge in [-0.05, 0) is 38.4 Å². The van der Waals surface area contributed by atoms with E-state index in [1.165, 1.54) is 21.2 Å². The molecular formula is C29H41N9O5. The number of carbonyl (C=O) groups is 2. The molecule has 1 saturated heterocycles. The molecule has 1 fully saturated rings. The summed E-state index contributed by atoms with van der Waals surface area (Å²) in [6, 6.07) is 6.72. The molecule has 1 aliphatic rings. The largest absolute Gasteiger partial charge is 0.494 e. The average Bonchev–Trinajstić information content (AvgIpc) is 3.51. The molecule has 0 radical (unpaired) electrons. The van der Waals surface area contributed by atoms with Crippen molar-refractivity contribution in [2.75, 3.05) is 59.0 Å². The van der Waals surface area contributed by atoms with Crippen molar-refractivity contribution in [3.63, 3.8) is 0 Å². The van der Waals surface area contributed by atoms with Crippen LogP contribution in [0, 0.1) is 0 Å². The van der Waals surface area contributed by atoms with E-state index >= 15 is 0 Å². The molecule has 2 aromatic carbocycles. The second kappa shape index (κ2) is 16.2. The van der Waals surface area contributed by atoms with Crippen molar-refractivity contribution >= 4 is 46.5 Å².